The highest BCUT2D eigenvalue weighted by Gasteiger charge is 2.20. The normalized spacial score (nSPS) is 15.5. The maximum Gasteiger partial charge on any atom is 0.180 e. The van der Waals surface area contributed by atoms with Gasteiger partial charge in [-0.3, -0.25) is 4.90 Å². The van der Waals surface area contributed by atoms with Crippen LogP contribution in [-0.4, -0.2) is 45.4 Å². The van der Waals surface area contributed by atoms with Crippen LogP contribution in [-0.2, 0) is 6.54 Å². The number of hydrogen-bond acceptors (Lipinski definition) is 5. The molecule has 4 rings (SSSR count). The molecule has 2 aromatic heterocycles. The van der Waals surface area contributed by atoms with Crippen molar-refractivity contribution in [1.82, 2.24) is 19.3 Å². The average Bonchev–Trinajstić information content (AvgIpc) is 3.12. The Balaban J connectivity index is 1.41. The second kappa shape index (κ2) is 6.30. The zero-order chi connectivity index (χ0) is 16.4. The van der Waals surface area contributed by atoms with Crippen LogP contribution in [0, 0.1) is 11.3 Å². The summed E-state index contributed by atoms with van der Waals surface area (Å²) >= 11 is 0. The largest absolute Gasteiger partial charge is 0.351 e. The Morgan fingerprint density at radius 3 is 2.38 bits per heavy atom. The van der Waals surface area contributed by atoms with E-state index in [9.17, 15) is 0 Å². The standard InChI is InChI=1S/C18H18N6/c19-13-15-1-3-16(4-2-15)14-22-9-11-24(12-10-22)18-17-20-5-7-23(17)8-6-21-18/h1-8H,9-12,14H2. The van der Waals surface area contributed by atoms with Crippen LogP contribution in [0.3, 0.4) is 0 Å². The van der Waals surface area contributed by atoms with Crippen LogP contribution in [0.1, 0.15) is 11.1 Å². The van der Waals surface area contributed by atoms with E-state index in [1.807, 2.05) is 53.5 Å². The molecule has 0 unspecified atom stereocenters. The minimum Gasteiger partial charge on any atom is -0.351 e. The summed E-state index contributed by atoms with van der Waals surface area (Å²) < 4.78 is 2.01. The number of aromatic nitrogens is 3. The quantitative estimate of drug-likeness (QED) is 0.738. The van der Waals surface area contributed by atoms with Gasteiger partial charge in [-0.1, -0.05) is 12.1 Å². The minimum atomic E-state index is 0.711. The molecule has 0 saturated carbocycles. The fourth-order valence-corrected chi connectivity index (χ4v) is 3.12. The zero-order valence-electron chi connectivity index (χ0n) is 13.3. The van der Waals surface area contributed by atoms with Crippen molar-refractivity contribution in [3.05, 3.63) is 60.2 Å². The van der Waals surface area contributed by atoms with Gasteiger partial charge in [-0.05, 0) is 17.7 Å². The summed E-state index contributed by atoms with van der Waals surface area (Å²) in [5.74, 6) is 0.959. The van der Waals surface area contributed by atoms with Crippen LogP contribution in [0.4, 0.5) is 5.82 Å². The molecule has 3 heterocycles. The average molecular weight is 318 g/mol. The molecule has 1 aliphatic heterocycles. The number of rotatable bonds is 3. The van der Waals surface area contributed by atoms with Crippen molar-refractivity contribution in [3.63, 3.8) is 0 Å². The fraction of sp³-hybridized carbons (Fsp3) is 0.278. The van der Waals surface area contributed by atoms with Crippen LogP contribution in [0.15, 0.2) is 49.1 Å². The molecule has 6 nitrogen and oxygen atoms in total. The van der Waals surface area contributed by atoms with Crippen molar-refractivity contribution in [2.75, 3.05) is 31.1 Å². The molecule has 0 amide bonds. The summed E-state index contributed by atoms with van der Waals surface area (Å²) in [5, 5.41) is 8.87. The third kappa shape index (κ3) is 2.82. The molecule has 0 radical (unpaired) electrons. The van der Waals surface area contributed by atoms with Gasteiger partial charge in [0.05, 0.1) is 11.6 Å². The lowest BCUT2D eigenvalue weighted by Crippen LogP contribution is -2.46. The Morgan fingerprint density at radius 1 is 0.958 bits per heavy atom. The molecular weight excluding hydrogens is 300 g/mol. The molecule has 0 bridgehead atoms. The first-order valence-electron chi connectivity index (χ1n) is 8.07. The smallest absolute Gasteiger partial charge is 0.180 e. The van der Waals surface area contributed by atoms with Gasteiger partial charge in [0.15, 0.2) is 11.5 Å². The van der Waals surface area contributed by atoms with Crippen molar-refractivity contribution >= 4 is 11.5 Å². The van der Waals surface area contributed by atoms with Crippen LogP contribution in [0.5, 0.6) is 0 Å². The molecule has 0 aliphatic carbocycles. The Kier molecular flexibility index (Phi) is 3.85. The highest BCUT2D eigenvalue weighted by molar-refractivity contribution is 5.64. The maximum absolute atomic E-state index is 8.87. The van der Waals surface area contributed by atoms with E-state index < -0.39 is 0 Å². The number of imidazole rings is 1. The number of nitriles is 1. The number of benzene rings is 1. The highest BCUT2D eigenvalue weighted by atomic mass is 15.3. The second-order valence-corrected chi connectivity index (χ2v) is 5.98. The first kappa shape index (κ1) is 14.7. The molecular formula is C18H18N6. The predicted molar refractivity (Wildman–Crippen MR) is 91.6 cm³/mol. The van der Waals surface area contributed by atoms with Gasteiger partial charge in [0.1, 0.15) is 0 Å². The van der Waals surface area contributed by atoms with E-state index in [1.165, 1.54) is 5.56 Å². The minimum absolute atomic E-state index is 0.711. The summed E-state index contributed by atoms with van der Waals surface area (Å²) in [7, 11) is 0. The van der Waals surface area contributed by atoms with E-state index in [2.05, 4.69) is 25.8 Å². The van der Waals surface area contributed by atoms with E-state index >= 15 is 0 Å². The van der Waals surface area contributed by atoms with E-state index in [1.54, 1.807) is 0 Å². The summed E-state index contributed by atoms with van der Waals surface area (Å²) in [6.07, 6.45) is 7.50. The lowest BCUT2D eigenvalue weighted by Gasteiger charge is -2.35. The molecule has 1 saturated heterocycles. The van der Waals surface area contributed by atoms with E-state index in [4.69, 9.17) is 5.26 Å². The van der Waals surface area contributed by atoms with Gasteiger partial charge in [0.2, 0.25) is 0 Å². The predicted octanol–water partition coefficient (Wildman–Crippen LogP) is 1.92. The second-order valence-electron chi connectivity index (χ2n) is 5.98. The van der Waals surface area contributed by atoms with Crippen molar-refractivity contribution in [3.8, 4) is 6.07 Å². The third-order valence-corrected chi connectivity index (χ3v) is 4.45. The molecule has 0 atom stereocenters. The lowest BCUT2D eigenvalue weighted by atomic mass is 10.1. The summed E-state index contributed by atoms with van der Waals surface area (Å²) in [6, 6.07) is 10.0. The van der Waals surface area contributed by atoms with E-state index in [0.29, 0.717) is 5.56 Å². The zero-order valence-corrected chi connectivity index (χ0v) is 13.3. The summed E-state index contributed by atoms with van der Waals surface area (Å²) in [5.41, 5.74) is 2.87. The van der Waals surface area contributed by atoms with Gasteiger partial charge in [-0.15, -0.1) is 0 Å². The molecule has 24 heavy (non-hydrogen) atoms. The van der Waals surface area contributed by atoms with Crippen LogP contribution in [0.2, 0.25) is 0 Å². The van der Waals surface area contributed by atoms with Crippen molar-refractivity contribution < 1.29 is 0 Å². The number of hydrogen-bond donors (Lipinski definition) is 0. The first-order valence-corrected chi connectivity index (χ1v) is 8.07. The number of fused-ring (bicyclic) bond motifs is 1. The Labute approximate surface area is 140 Å². The molecule has 1 aliphatic rings. The SMILES string of the molecule is N#Cc1ccc(CN2CCN(c3nccn4ccnc34)CC2)cc1. The monoisotopic (exact) mass is 318 g/mol. The van der Waals surface area contributed by atoms with Gasteiger partial charge in [-0.25, -0.2) is 9.97 Å². The molecule has 120 valence electrons. The van der Waals surface area contributed by atoms with Gasteiger partial charge < -0.3 is 9.30 Å². The Bertz CT molecular complexity index is 868. The van der Waals surface area contributed by atoms with Crippen molar-refractivity contribution in [2.24, 2.45) is 0 Å². The Hall–Kier alpha value is -2.91. The first-order chi connectivity index (χ1) is 11.8. The number of anilines is 1. The van der Waals surface area contributed by atoms with Crippen LogP contribution >= 0.6 is 0 Å². The molecule has 1 aromatic carbocycles. The van der Waals surface area contributed by atoms with E-state index in [-0.39, 0.29) is 0 Å². The molecule has 3 aromatic rings. The van der Waals surface area contributed by atoms with Gasteiger partial charge in [-0.2, -0.15) is 5.26 Å². The van der Waals surface area contributed by atoms with Gasteiger partial charge in [0.25, 0.3) is 0 Å². The molecule has 6 heteroatoms. The summed E-state index contributed by atoms with van der Waals surface area (Å²) in [4.78, 5) is 13.7. The van der Waals surface area contributed by atoms with Crippen LogP contribution < -0.4 is 4.90 Å². The highest BCUT2D eigenvalue weighted by Crippen LogP contribution is 2.19. The molecule has 0 spiro atoms. The van der Waals surface area contributed by atoms with E-state index in [0.717, 1.165) is 44.2 Å². The topological polar surface area (TPSA) is 60.5 Å². The lowest BCUT2D eigenvalue weighted by molar-refractivity contribution is 0.249. The van der Waals surface area contributed by atoms with Gasteiger partial charge in [0, 0.05) is 57.5 Å². The fourth-order valence-electron chi connectivity index (χ4n) is 3.12. The molecule has 1 fully saturated rings. The summed E-state index contributed by atoms with van der Waals surface area (Å²) in [6.45, 7) is 4.78. The Morgan fingerprint density at radius 2 is 1.67 bits per heavy atom. The number of piperazine rings is 1. The maximum atomic E-state index is 8.87. The van der Waals surface area contributed by atoms with Gasteiger partial charge >= 0.3 is 0 Å². The van der Waals surface area contributed by atoms with Crippen LogP contribution in [0.25, 0.3) is 5.65 Å². The number of nitrogens with zero attached hydrogens (tertiary/aromatic N) is 6. The van der Waals surface area contributed by atoms with Crippen molar-refractivity contribution in [2.45, 2.75) is 6.54 Å². The molecule has 0 N–H and O–H groups in total. The van der Waals surface area contributed by atoms with Crippen molar-refractivity contribution in [1.29, 1.82) is 5.26 Å². The third-order valence-electron chi connectivity index (χ3n) is 4.45.